The van der Waals surface area contributed by atoms with Gasteiger partial charge in [0.05, 0.1) is 6.04 Å². The Balaban J connectivity index is 2.11. The zero-order chi connectivity index (χ0) is 18.2. The summed E-state index contributed by atoms with van der Waals surface area (Å²) >= 11 is 0. The Bertz CT molecular complexity index is 630. The van der Waals surface area contributed by atoms with Crippen molar-refractivity contribution in [1.82, 2.24) is 10.2 Å². The molecule has 0 spiro atoms. The Labute approximate surface area is 148 Å². The molecule has 0 radical (unpaired) electrons. The maximum absolute atomic E-state index is 12.1. The van der Waals surface area contributed by atoms with Crippen LogP contribution in [0.4, 0.5) is 0 Å². The van der Waals surface area contributed by atoms with E-state index >= 15 is 0 Å². The highest BCUT2D eigenvalue weighted by Gasteiger charge is 2.30. The lowest BCUT2D eigenvalue weighted by Crippen LogP contribution is -2.51. The largest absolute Gasteiger partial charge is 0.330 e. The number of aryl methyl sites for hydroxylation is 1. The first kappa shape index (κ1) is 19.3. The van der Waals surface area contributed by atoms with Crippen LogP contribution in [0.5, 0.6) is 0 Å². The number of nitrogens with two attached hydrogens (primary N) is 1. The Kier molecular flexibility index (Phi) is 7.28. The van der Waals surface area contributed by atoms with Crippen molar-refractivity contribution in [2.24, 2.45) is 5.73 Å². The van der Waals surface area contributed by atoms with Gasteiger partial charge in [-0.3, -0.25) is 24.6 Å². The van der Waals surface area contributed by atoms with Crippen LogP contribution in [-0.4, -0.2) is 42.6 Å². The molecule has 1 fully saturated rings. The molecule has 0 aliphatic carbocycles. The van der Waals surface area contributed by atoms with Gasteiger partial charge in [0.25, 0.3) is 0 Å². The van der Waals surface area contributed by atoms with Crippen molar-refractivity contribution in [3.8, 4) is 0 Å². The topological polar surface area (TPSA) is 92.5 Å². The normalized spacial score (nSPS) is 17.6. The molecule has 2 rings (SSSR count). The maximum atomic E-state index is 12.1. The second-order valence-electron chi connectivity index (χ2n) is 6.58. The van der Waals surface area contributed by atoms with Crippen molar-refractivity contribution in [3.63, 3.8) is 0 Å². The number of hydrogen-bond acceptors (Lipinski definition) is 5. The van der Waals surface area contributed by atoms with E-state index < -0.39 is 0 Å². The third-order valence-electron chi connectivity index (χ3n) is 4.74. The Morgan fingerprint density at radius 2 is 2.08 bits per heavy atom. The number of nitrogens with one attached hydrogen (secondary N) is 1. The van der Waals surface area contributed by atoms with Crippen LogP contribution in [0.25, 0.3) is 0 Å². The summed E-state index contributed by atoms with van der Waals surface area (Å²) in [6.45, 7) is 1.20. The Hall–Kier alpha value is -2.05. The summed E-state index contributed by atoms with van der Waals surface area (Å²) in [4.78, 5) is 36.8. The van der Waals surface area contributed by atoms with Crippen LogP contribution in [0.3, 0.4) is 0 Å². The van der Waals surface area contributed by atoms with Gasteiger partial charge < -0.3 is 5.73 Å². The molecule has 6 heteroatoms. The molecule has 1 saturated heterocycles. The molecule has 1 unspecified atom stereocenters. The summed E-state index contributed by atoms with van der Waals surface area (Å²) < 4.78 is 0. The van der Waals surface area contributed by atoms with Gasteiger partial charge in [-0.25, -0.2) is 0 Å². The van der Waals surface area contributed by atoms with E-state index in [1.807, 2.05) is 30.1 Å². The van der Waals surface area contributed by atoms with Crippen LogP contribution in [0.2, 0.25) is 0 Å². The number of amides is 2. The predicted molar refractivity (Wildman–Crippen MR) is 96.1 cm³/mol. The SMILES string of the molecule is CN(Cc1c(C=O)cccc1CCCCCN)C1CCC(=O)NC1=O. The minimum absolute atomic E-state index is 0.219. The van der Waals surface area contributed by atoms with Crippen molar-refractivity contribution in [1.29, 1.82) is 0 Å². The van der Waals surface area contributed by atoms with Gasteiger partial charge in [0, 0.05) is 18.5 Å². The lowest BCUT2D eigenvalue weighted by atomic mass is 9.95. The van der Waals surface area contributed by atoms with E-state index in [0.717, 1.165) is 43.1 Å². The molecule has 3 N–H and O–H groups in total. The zero-order valence-electron chi connectivity index (χ0n) is 14.8. The molecule has 6 nitrogen and oxygen atoms in total. The van der Waals surface area contributed by atoms with Gasteiger partial charge in [-0.1, -0.05) is 24.6 Å². The highest BCUT2D eigenvalue weighted by molar-refractivity contribution is 6.00. The quantitative estimate of drug-likeness (QED) is 0.401. The van der Waals surface area contributed by atoms with Gasteiger partial charge >= 0.3 is 0 Å². The minimum Gasteiger partial charge on any atom is -0.330 e. The molecule has 1 atom stereocenters. The second-order valence-corrected chi connectivity index (χ2v) is 6.58. The summed E-state index contributed by atoms with van der Waals surface area (Å²) in [5.74, 6) is -0.477. The first-order valence-corrected chi connectivity index (χ1v) is 8.86. The lowest BCUT2D eigenvalue weighted by molar-refractivity contribution is -0.137. The smallest absolute Gasteiger partial charge is 0.243 e. The van der Waals surface area contributed by atoms with E-state index in [-0.39, 0.29) is 17.9 Å². The summed E-state index contributed by atoms with van der Waals surface area (Å²) in [5.41, 5.74) is 8.31. The van der Waals surface area contributed by atoms with E-state index in [2.05, 4.69) is 5.32 Å². The first-order valence-electron chi connectivity index (χ1n) is 8.86. The van der Waals surface area contributed by atoms with E-state index in [9.17, 15) is 14.4 Å². The van der Waals surface area contributed by atoms with Crippen molar-refractivity contribution in [3.05, 3.63) is 34.9 Å². The average Bonchev–Trinajstić information content (AvgIpc) is 2.59. The summed E-state index contributed by atoms with van der Waals surface area (Å²) in [7, 11) is 1.86. The van der Waals surface area contributed by atoms with E-state index in [1.54, 1.807) is 0 Å². The van der Waals surface area contributed by atoms with Gasteiger partial charge in [-0.05, 0) is 50.4 Å². The molecule has 1 aliphatic heterocycles. The van der Waals surface area contributed by atoms with Crippen LogP contribution in [0, 0.1) is 0 Å². The first-order chi connectivity index (χ1) is 12.1. The number of unbranched alkanes of at least 4 members (excludes halogenated alkanes) is 2. The van der Waals surface area contributed by atoms with Crippen LogP contribution in [0.15, 0.2) is 18.2 Å². The molecule has 0 saturated carbocycles. The van der Waals surface area contributed by atoms with E-state index in [0.29, 0.717) is 31.5 Å². The molecule has 0 aromatic heterocycles. The predicted octanol–water partition coefficient (Wildman–Crippen LogP) is 1.41. The fraction of sp³-hybridized carbons (Fsp3) is 0.526. The zero-order valence-corrected chi connectivity index (χ0v) is 14.8. The van der Waals surface area contributed by atoms with Crippen LogP contribution >= 0.6 is 0 Å². The molecule has 1 aromatic rings. The van der Waals surface area contributed by atoms with Gasteiger partial charge in [0.2, 0.25) is 11.8 Å². The standard InChI is InChI=1S/C19H27N3O3/c1-22(17-9-10-18(24)21-19(17)25)12-16-14(6-3-2-4-11-20)7-5-8-15(16)13-23/h5,7-8,13,17H,2-4,6,9-12,20H2,1H3,(H,21,24,25). The number of nitrogens with zero attached hydrogens (tertiary/aromatic N) is 1. The third kappa shape index (κ3) is 5.21. The number of imide groups is 1. The lowest BCUT2D eigenvalue weighted by Gasteiger charge is -2.30. The monoisotopic (exact) mass is 345 g/mol. The highest BCUT2D eigenvalue weighted by atomic mass is 16.2. The number of carbonyl (C=O) groups is 3. The maximum Gasteiger partial charge on any atom is 0.243 e. The fourth-order valence-corrected chi connectivity index (χ4v) is 3.29. The molecule has 136 valence electrons. The van der Waals surface area contributed by atoms with Gasteiger partial charge in [0.15, 0.2) is 0 Å². The number of carbonyl (C=O) groups excluding carboxylic acids is 3. The highest BCUT2D eigenvalue weighted by Crippen LogP contribution is 2.21. The molecular formula is C19H27N3O3. The van der Waals surface area contributed by atoms with Crippen LogP contribution < -0.4 is 11.1 Å². The number of likely N-dealkylation sites (N-methyl/N-ethyl adjacent to an activating group) is 1. The summed E-state index contributed by atoms with van der Waals surface area (Å²) in [6.07, 6.45) is 5.70. The van der Waals surface area contributed by atoms with Gasteiger partial charge in [-0.2, -0.15) is 0 Å². The van der Waals surface area contributed by atoms with Crippen LogP contribution in [0.1, 0.15) is 53.6 Å². The van der Waals surface area contributed by atoms with Crippen LogP contribution in [-0.2, 0) is 22.6 Å². The molecule has 25 heavy (non-hydrogen) atoms. The number of hydrogen-bond donors (Lipinski definition) is 2. The molecule has 0 bridgehead atoms. The minimum atomic E-state index is -0.345. The number of aldehydes is 1. The number of benzene rings is 1. The molecule has 2 amide bonds. The number of piperidine rings is 1. The molecular weight excluding hydrogens is 318 g/mol. The van der Waals surface area contributed by atoms with E-state index in [4.69, 9.17) is 5.73 Å². The second kappa shape index (κ2) is 9.44. The number of rotatable bonds is 9. The molecule has 1 aromatic carbocycles. The summed E-state index contributed by atoms with van der Waals surface area (Å²) in [6, 6.07) is 5.41. The van der Waals surface area contributed by atoms with Crippen molar-refractivity contribution in [2.75, 3.05) is 13.6 Å². The fourth-order valence-electron chi connectivity index (χ4n) is 3.29. The van der Waals surface area contributed by atoms with Crippen molar-refractivity contribution in [2.45, 2.75) is 51.1 Å². The summed E-state index contributed by atoms with van der Waals surface area (Å²) in [5, 5.41) is 2.39. The molecule has 1 heterocycles. The third-order valence-corrected chi connectivity index (χ3v) is 4.74. The van der Waals surface area contributed by atoms with E-state index in [1.165, 1.54) is 0 Å². The van der Waals surface area contributed by atoms with Gasteiger partial charge in [0.1, 0.15) is 6.29 Å². The Morgan fingerprint density at radius 1 is 1.28 bits per heavy atom. The molecule has 1 aliphatic rings. The average molecular weight is 345 g/mol. The Morgan fingerprint density at radius 3 is 2.76 bits per heavy atom. The van der Waals surface area contributed by atoms with Crippen molar-refractivity contribution < 1.29 is 14.4 Å². The van der Waals surface area contributed by atoms with Crippen molar-refractivity contribution >= 4 is 18.1 Å². The van der Waals surface area contributed by atoms with Gasteiger partial charge in [-0.15, -0.1) is 0 Å².